The van der Waals surface area contributed by atoms with Crippen molar-refractivity contribution in [1.29, 1.82) is 0 Å². The minimum Gasteiger partial charge on any atom is -0.330 e. The van der Waals surface area contributed by atoms with Gasteiger partial charge in [-0.05, 0) is 74.0 Å². The largest absolute Gasteiger partial charge is 0.330 e. The molecule has 1 atom stereocenters. The Morgan fingerprint density at radius 1 is 1.10 bits per heavy atom. The van der Waals surface area contributed by atoms with Crippen LogP contribution in [0.15, 0.2) is 71.5 Å². The quantitative estimate of drug-likeness (QED) is 0.188. The summed E-state index contributed by atoms with van der Waals surface area (Å²) in [5, 5.41) is 0.603. The van der Waals surface area contributed by atoms with E-state index in [-0.39, 0.29) is 28.5 Å². The number of rotatable bonds is 11. The highest BCUT2D eigenvalue weighted by Crippen LogP contribution is 2.30. The maximum absolute atomic E-state index is 15.0. The Labute approximate surface area is 241 Å². The highest BCUT2D eigenvalue weighted by Gasteiger charge is 2.32. The lowest BCUT2D eigenvalue weighted by molar-refractivity contribution is 0.0646. The summed E-state index contributed by atoms with van der Waals surface area (Å²) >= 11 is 16.6. The van der Waals surface area contributed by atoms with E-state index in [0.29, 0.717) is 53.2 Å². The molecular weight excluding hydrogens is 560 g/mol. The predicted molar refractivity (Wildman–Crippen MR) is 158 cm³/mol. The van der Waals surface area contributed by atoms with Crippen molar-refractivity contribution in [1.82, 2.24) is 14.6 Å². The zero-order chi connectivity index (χ0) is 27.9. The van der Waals surface area contributed by atoms with Crippen molar-refractivity contribution in [3.63, 3.8) is 0 Å². The first-order valence-corrected chi connectivity index (χ1v) is 13.8. The second-order valence-electron chi connectivity index (χ2n) is 8.87. The van der Waals surface area contributed by atoms with Crippen LogP contribution in [0.4, 0.5) is 10.1 Å². The molecule has 1 heterocycles. The summed E-state index contributed by atoms with van der Waals surface area (Å²) in [5.74, 6) is -0.600. The smallest absolute Gasteiger partial charge is 0.280 e. The Morgan fingerprint density at radius 3 is 2.59 bits per heavy atom. The van der Waals surface area contributed by atoms with Gasteiger partial charge in [0.1, 0.15) is 0 Å². The van der Waals surface area contributed by atoms with Crippen molar-refractivity contribution < 1.29 is 9.18 Å². The fraction of sp³-hybridized carbons (Fsp3) is 0.250. The summed E-state index contributed by atoms with van der Waals surface area (Å²) in [4.78, 5) is 34.0. The van der Waals surface area contributed by atoms with Crippen LogP contribution in [0.5, 0.6) is 0 Å². The number of hydrogen-bond donors (Lipinski definition) is 3. The molecule has 0 saturated heterocycles. The van der Waals surface area contributed by atoms with Gasteiger partial charge < -0.3 is 10.6 Å². The van der Waals surface area contributed by atoms with Crippen molar-refractivity contribution in [3.8, 4) is 0 Å². The minimum absolute atomic E-state index is 0.160. The molecule has 39 heavy (non-hydrogen) atoms. The molecule has 0 radical (unpaired) electrons. The van der Waals surface area contributed by atoms with Gasteiger partial charge in [-0.2, -0.15) is 12.6 Å². The third-order valence-electron chi connectivity index (χ3n) is 6.23. The van der Waals surface area contributed by atoms with Gasteiger partial charge in [0, 0.05) is 11.6 Å². The van der Waals surface area contributed by atoms with Gasteiger partial charge in [-0.25, -0.2) is 14.1 Å². The molecule has 1 unspecified atom stereocenters. The molecule has 0 bridgehead atoms. The number of halogens is 3. The number of anilines is 1. The van der Waals surface area contributed by atoms with Crippen LogP contribution < -0.4 is 16.7 Å². The third-order valence-corrected chi connectivity index (χ3v) is 7.07. The lowest BCUT2D eigenvalue weighted by atomic mass is 10.1. The molecule has 11 heteroatoms. The summed E-state index contributed by atoms with van der Waals surface area (Å²) in [6, 6.07) is 17.5. The SMILES string of the molecule is NCCCN(C(=O)c1cccc(Cl)c1F)C(CCCS)c1nc2cc(Cl)ccc2c(=O)n1Nc1ccccc1. The van der Waals surface area contributed by atoms with E-state index < -0.39 is 17.8 Å². The average molecular weight is 589 g/mol. The first-order chi connectivity index (χ1) is 18.8. The molecule has 0 spiro atoms. The van der Waals surface area contributed by atoms with Gasteiger partial charge >= 0.3 is 0 Å². The summed E-state index contributed by atoms with van der Waals surface area (Å²) < 4.78 is 16.4. The molecule has 7 nitrogen and oxygen atoms in total. The summed E-state index contributed by atoms with van der Waals surface area (Å²) in [6.07, 6.45) is 1.44. The van der Waals surface area contributed by atoms with Gasteiger partial charge in [-0.1, -0.05) is 47.5 Å². The molecule has 1 amide bonds. The van der Waals surface area contributed by atoms with Crippen LogP contribution in [0.3, 0.4) is 0 Å². The summed E-state index contributed by atoms with van der Waals surface area (Å²) in [7, 11) is 0. The number of carbonyl (C=O) groups excluding carboxylic acids is 1. The van der Waals surface area contributed by atoms with Crippen LogP contribution in [0.2, 0.25) is 10.0 Å². The molecular formula is C28H28Cl2FN5O2S. The number of nitrogens with two attached hydrogens (primary N) is 1. The number of hydrogen-bond acceptors (Lipinski definition) is 6. The van der Waals surface area contributed by atoms with Crippen molar-refractivity contribution in [2.75, 3.05) is 24.3 Å². The number of thiol groups is 1. The molecule has 0 aliphatic carbocycles. The fourth-order valence-corrected chi connectivity index (χ4v) is 4.87. The highest BCUT2D eigenvalue weighted by molar-refractivity contribution is 7.80. The maximum Gasteiger partial charge on any atom is 0.280 e. The number of nitrogens with zero attached hydrogens (tertiary/aromatic N) is 3. The van der Waals surface area contributed by atoms with E-state index in [2.05, 4.69) is 18.1 Å². The third kappa shape index (κ3) is 6.55. The first kappa shape index (κ1) is 28.9. The van der Waals surface area contributed by atoms with Crippen LogP contribution in [0.25, 0.3) is 10.9 Å². The van der Waals surface area contributed by atoms with Gasteiger partial charge in [0.05, 0.1) is 33.2 Å². The molecule has 0 saturated carbocycles. The number of fused-ring (bicyclic) bond motifs is 1. The van der Waals surface area contributed by atoms with E-state index >= 15 is 4.39 Å². The second-order valence-corrected chi connectivity index (χ2v) is 10.2. The van der Waals surface area contributed by atoms with Crippen LogP contribution in [-0.2, 0) is 0 Å². The number of benzene rings is 3. The maximum atomic E-state index is 15.0. The van der Waals surface area contributed by atoms with E-state index in [0.717, 1.165) is 0 Å². The van der Waals surface area contributed by atoms with E-state index in [1.807, 2.05) is 30.3 Å². The minimum atomic E-state index is -0.812. The van der Waals surface area contributed by atoms with Crippen molar-refractivity contribution >= 4 is 58.3 Å². The standard InChI is InChI=1S/C28H28Cl2FN5O2S/c29-18-12-13-20-23(17-18)33-26(36(28(20)38)34-19-7-2-1-3-8-19)24(11-5-16-39)35(15-6-14-32)27(37)21-9-4-10-22(30)25(21)31/h1-4,7-10,12-13,17,24,34,39H,5-6,11,14-16,32H2. The van der Waals surface area contributed by atoms with Gasteiger partial charge in [0.25, 0.3) is 11.5 Å². The Morgan fingerprint density at radius 2 is 1.87 bits per heavy atom. The molecule has 4 aromatic rings. The molecule has 204 valence electrons. The monoisotopic (exact) mass is 587 g/mol. The van der Waals surface area contributed by atoms with Crippen molar-refractivity contribution in [2.24, 2.45) is 5.73 Å². The molecule has 1 aromatic heterocycles. The number of amides is 1. The van der Waals surface area contributed by atoms with Gasteiger partial charge in [-0.15, -0.1) is 0 Å². The molecule has 0 aliphatic heterocycles. The molecule has 3 N–H and O–H groups in total. The summed E-state index contributed by atoms with van der Waals surface area (Å²) in [5.41, 5.74) is 9.44. The van der Waals surface area contributed by atoms with Crippen LogP contribution in [-0.4, -0.2) is 39.3 Å². The fourth-order valence-electron chi connectivity index (χ4n) is 4.34. The number of nitrogens with one attached hydrogen (secondary N) is 1. The Balaban J connectivity index is 1.95. The Bertz CT molecular complexity index is 1520. The predicted octanol–water partition coefficient (Wildman–Crippen LogP) is 5.96. The lowest BCUT2D eigenvalue weighted by Gasteiger charge is -2.33. The van der Waals surface area contributed by atoms with Gasteiger partial charge in [0.2, 0.25) is 0 Å². The lowest BCUT2D eigenvalue weighted by Crippen LogP contribution is -2.42. The molecule has 4 rings (SSSR count). The van der Waals surface area contributed by atoms with E-state index in [4.69, 9.17) is 33.9 Å². The average Bonchev–Trinajstić information content (AvgIpc) is 2.93. The van der Waals surface area contributed by atoms with Crippen LogP contribution >= 0.6 is 35.8 Å². The van der Waals surface area contributed by atoms with Gasteiger partial charge in [0.15, 0.2) is 11.6 Å². The van der Waals surface area contributed by atoms with Crippen molar-refractivity contribution in [2.45, 2.75) is 25.3 Å². The topological polar surface area (TPSA) is 93.2 Å². The molecule has 0 fully saturated rings. The zero-order valence-electron chi connectivity index (χ0n) is 21.0. The van der Waals surface area contributed by atoms with Gasteiger partial charge in [-0.3, -0.25) is 15.0 Å². The highest BCUT2D eigenvalue weighted by atomic mass is 35.5. The summed E-state index contributed by atoms with van der Waals surface area (Å²) in [6.45, 7) is 0.504. The zero-order valence-corrected chi connectivity index (χ0v) is 23.4. The van der Waals surface area contributed by atoms with E-state index in [1.165, 1.54) is 27.8 Å². The Kier molecular flexibility index (Phi) is 9.85. The van der Waals surface area contributed by atoms with Crippen LogP contribution in [0.1, 0.15) is 41.5 Å². The number of para-hydroxylation sites is 1. The Hall–Kier alpha value is -3.11. The van der Waals surface area contributed by atoms with Crippen molar-refractivity contribution in [3.05, 3.63) is 104 Å². The van der Waals surface area contributed by atoms with E-state index in [1.54, 1.807) is 18.2 Å². The first-order valence-electron chi connectivity index (χ1n) is 12.5. The van der Waals surface area contributed by atoms with E-state index in [9.17, 15) is 9.59 Å². The molecule has 3 aromatic carbocycles. The number of carbonyl (C=O) groups is 1. The normalized spacial score (nSPS) is 11.9. The second kappa shape index (κ2) is 13.3. The van der Waals surface area contributed by atoms with Crippen LogP contribution in [0, 0.1) is 5.82 Å². The molecule has 0 aliphatic rings. The number of aromatic nitrogens is 2.